The number of rotatable bonds is 6. The molecule has 138 valence electrons. The molecule has 1 fully saturated rings. The first-order valence-electron chi connectivity index (χ1n) is 9.22. The molecule has 1 aliphatic rings. The number of amides is 2. The van der Waals surface area contributed by atoms with Gasteiger partial charge in [-0.25, -0.2) is 4.79 Å². The molecule has 0 heterocycles. The maximum Gasteiger partial charge on any atom is 0.413 e. The first kappa shape index (κ1) is 19.4. The summed E-state index contributed by atoms with van der Waals surface area (Å²) < 4.78 is 4.43. The fourth-order valence-corrected chi connectivity index (χ4v) is 3.56. The molecule has 0 aromatic heterocycles. The van der Waals surface area contributed by atoms with Crippen LogP contribution in [0.3, 0.4) is 0 Å². The van der Waals surface area contributed by atoms with E-state index in [-0.39, 0.29) is 12.6 Å². The van der Waals surface area contributed by atoms with Crippen LogP contribution in [0.15, 0.2) is 24.3 Å². The van der Waals surface area contributed by atoms with Gasteiger partial charge in [0, 0.05) is 6.04 Å². The van der Waals surface area contributed by atoms with E-state index in [9.17, 15) is 9.59 Å². The molecule has 1 aliphatic carbocycles. The van der Waals surface area contributed by atoms with Gasteiger partial charge in [-0.3, -0.25) is 10.1 Å². The highest BCUT2D eigenvalue weighted by Crippen LogP contribution is 2.33. The second kappa shape index (κ2) is 9.56. The zero-order valence-electron chi connectivity index (χ0n) is 15.5. The Morgan fingerprint density at radius 2 is 1.76 bits per heavy atom. The van der Waals surface area contributed by atoms with E-state index in [1.807, 2.05) is 0 Å². The minimum atomic E-state index is -0.732. The van der Waals surface area contributed by atoms with Gasteiger partial charge in [-0.15, -0.1) is 0 Å². The lowest BCUT2D eigenvalue weighted by Gasteiger charge is -2.25. The fraction of sp³-hybridized carbons (Fsp3) is 0.600. The molecule has 0 bridgehead atoms. The predicted molar refractivity (Wildman–Crippen MR) is 98.4 cm³/mol. The number of methoxy groups -OCH3 is 1. The summed E-state index contributed by atoms with van der Waals surface area (Å²) in [5.41, 5.74) is 2.59. The quantitative estimate of drug-likeness (QED) is 0.820. The topological polar surface area (TPSA) is 67.4 Å². The van der Waals surface area contributed by atoms with E-state index < -0.39 is 12.0 Å². The Morgan fingerprint density at radius 1 is 1.12 bits per heavy atom. The molecule has 1 aromatic carbocycles. The molecule has 5 heteroatoms. The van der Waals surface area contributed by atoms with E-state index in [2.05, 4.69) is 53.5 Å². The number of alkyl carbamates (subject to hydrolysis) is 1. The Balaban J connectivity index is 1.97. The number of ether oxygens (including phenoxy) is 1. The van der Waals surface area contributed by atoms with Gasteiger partial charge in [0.2, 0.25) is 5.91 Å². The van der Waals surface area contributed by atoms with E-state index in [0.717, 1.165) is 0 Å². The molecule has 25 heavy (non-hydrogen) atoms. The highest BCUT2D eigenvalue weighted by molar-refractivity contribution is 5.92. The molecule has 2 N–H and O–H groups in total. The second-order valence-corrected chi connectivity index (χ2v) is 7.14. The average Bonchev–Trinajstić information content (AvgIpc) is 2.62. The molecule has 0 unspecified atom stereocenters. The van der Waals surface area contributed by atoms with Gasteiger partial charge in [0.05, 0.1) is 13.7 Å². The lowest BCUT2D eigenvalue weighted by atomic mass is 9.83. The first-order valence-corrected chi connectivity index (χ1v) is 9.22. The lowest BCUT2D eigenvalue weighted by Crippen LogP contribution is -2.39. The number of carbonyl (C=O) groups is 2. The smallest absolute Gasteiger partial charge is 0.413 e. The van der Waals surface area contributed by atoms with Crippen LogP contribution >= 0.6 is 0 Å². The molecule has 0 spiro atoms. The van der Waals surface area contributed by atoms with Crippen LogP contribution in [-0.4, -0.2) is 25.7 Å². The number of imide groups is 1. The first-order chi connectivity index (χ1) is 12.0. The summed E-state index contributed by atoms with van der Waals surface area (Å²) in [6, 6.07) is 8.86. The monoisotopic (exact) mass is 346 g/mol. The van der Waals surface area contributed by atoms with Gasteiger partial charge >= 0.3 is 6.09 Å². The van der Waals surface area contributed by atoms with Crippen LogP contribution in [-0.2, 0) is 9.53 Å². The maximum absolute atomic E-state index is 11.8. The minimum absolute atomic E-state index is 0.0591. The Hall–Kier alpha value is -1.88. The zero-order chi connectivity index (χ0) is 18.2. The van der Waals surface area contributed by atoms with E-state index in [1.54, 1.807) is 0 Å². The van der Waals surface area contributed by atoms with Gasteiger partial charge in [-0.05, 0) is 35.8 Å². The lowest BCUT2D eigenvalue weighted by molar-refractivity contribution is -0.119. The second-order valence-electron chi connectivity index (χ2n) is 7.14. The molecule has 2 amide bonds. The van der Waals surface area contributed by atoms with Crippen molar-refractivity contribution in [1.29, 1.82) is 0 Å². The molecule has 1 saturated carbocycles. The molecule has 1 atom stereocenters. The van der Waals surface area contributed by atoms with Crippen molar-refractivity contribution in [2.24, 2.45) is 5.92 Å². The van der Waals surface area contributed by atoms with Crippen LogP contribution in [0.1, 0.15) is 69.0 Å². The summed E-state index contributed by atoms with van der Waals surface area (Å²) in [5.74, 6) is 0.627. The molecule has 0 aliphatic heterocycles. The number of hydrogen-bond acceptors (Lipinski definition) is 4. The molecule has 2 rings (SSSR count). The summed E-state index contributed by atoms with van der Waals surface area (Å²) in [7, 11) is 1.24. The van der Waals surface area contributed by atoms with Gasteiger partial charge in [-0.1, -0.05) is 57.4 Å². The van der Waals surface area contributed by atoms with Crippen LogP contribution in [0.25, 0.3) is 0 Å². The largest absolute Gasteiger partial charge is 0.453 e. The summed E-state index contributed by atoms with van der Waals surface area (Å²) in [6.07, 6.45) is 5.87. The molecular weight excluding hydrogens is 316 g/mol. The standard InChI is InChI=1S/C20H30N2O3/c1-14(2)19(21-13-18(23)22-20(24)25-3)17-11-9-16(10-12-17)15-7-5-4-6-8-15/h9-12,14-15,19,21H,4-8,13H2,1-3H3,(H,22,23,24)/t19-/m0/s1. The normalized spacial score (nSPS) is 16.5. The van der Waals surface area contributed by atoms with Crippen LogP contribution < -0.4 is 10.6 Å². The van der Waals surface area contributed by atoms with Crippen LogP contribution in [0.5, 0.6) is 0 Å². The SMILES string of the molecule is COC(=O)NC(=O)CN[C@H](c1ccc(C2CCCCC2)cc1)C(C)C. The van der Waals surface area contributed by atoms with Gasteiger partial charge < -0.3 is 10.1 Å². The molecule has 0 radical (unpaired) electrons. The van der Waals surface area contributed by atoms with E-state index in [1.165, 1.54) is 50.3 Å². The molecule has 5 nitrogen and oxygen atoms in total. The number of carbonyl (C=O) groups excluding carboxylic acids is 2. The summed E-state index contributed by atoms with van der Waals surface area (Å²) in [4.78, 5) is 22.8. The van der Waals surface area contributed by atoms with Gasteiger partial charge in [0.1, 0.15) is 0 Å². The van der Waals surface area contributed by atoms with Crippen LogP contribution in [0.2, 0.25) is 0 Å². The Labute approximate surface area is 150 Å². The third-order valence-corrected chi connectivity index (χ3v) is 4.95. The Bertz CT molecular complexity index is 563. The van der Waals surface area contributed by atoms with Crippen molar-refractivity contribution in [1.82, 2.24) is 10.6 Å². The molecule has 0 saturated heterocycles. The highest BCUT2D eigenvalue weighted by Gasteiger charge is 2.19. The van der Waals surface area contributed by atoms with Crippen molar-refractivity contribution in [2.45, 2.75) is 57.9 Å². The summed E-state index contributed by atoms with van der Waals surface area (Å²) in [6.45, 7) is 4.30. The minimum Gasteiger partial charge on any atom is -0.453 e. The van der Waals surface area contributed by atoms with Crippen molar-refractivity contribution in [3.63, 3.8) is 0 Å². The number of benzene rings is 1. The zero-order valence-corrected chi connectivity index (χ0v) is 15.5. The van der Waals surface area contributed by atoms with Crippen molar-refractivity contribution in [3.05, 3.63) is 35.4 Å². The van der Waals surface area contributed by atoms with Crippen molar-refractivity contribution < 1.29 is 14.3 Å². The predicted octanol–water partition coefficient (Wildman–Crippen LogP) is 3.90. The highest BCUT2D eigenvalue weighted by atomic mass is 16.5. The van der Waals surface area contributed by atoms with Crippen LogP contribution in [0, 0.1) is 5.92 Å². The summed E-state index contributed by atoms with van der Waals surface area (Å²) in [5, 5.41) is 5.41. The van der Waals surface area contributed by atoms with Crippen molar-refractivity contribution in [3.8, 4) is 0 Å². The molecule has 1 aromatic rings. The third kappa shape index (κ3) is 5.85. The van der Waals surface area contributed by atoms with E-state index in [0.29, 0.717) is 11.8 Å². The number of hydrogen-bond donors (Lipinski definition) is 2. The van der Waals surface area contributed by atoms with Crippen LogP contribution in [0.4, 0.5) is 4.79 Å². The van der Waals surface area contributed by atoms with Gasteiger partial charge in [-0.2, -0.15) is 0 Å². The Morgan fingerprint density at radius 3 is 2.32 bits per heavy atom. The Kier molecular flexibility index (Phi) is 7.44. The van der Waals surface area contributed by atoms with E-state index in [4.69, 9.17) is 0 Å². The van der Waals surface area contributed by atoms with Gasteiger partial charge in [0.15, 0.2) is 0 Å². The fourth-order valence-electron chi connectivity index (χ4n) is 3.56. The third-order valence-electron chi connectivity index (χ3n) is 4.95. The summed E-state index contributed by atoms with van der Waals surface area (Å²) >= 11 is 0. The van der Waals surface area contributed by atoms with Crippen molar-refractivity contribution in [2.75, 3.05) is 13.7 Å². The maximum atomic E-state index is 11.8. The molecular formula is C20H30N2O3. The average molecular weight is 346 g/mol. The van der Waals surface area contributed by atoms with Crippen molar-refractivity contribution >= 4 is 12.0 Å². The van der Waals surface area contributed by atoms with Gasteiger partial charge in [0.25, 0.3) is 0 Å². The number of nitrogens with one attached hydrogen (secondary N) is 2. The van der Waals surface area contributed by atoms with E-state index >= 15 is 0 Å².